The Kier molecular flexibility index (Phi) is 3.96. The Morgan fingerprint density at radius 1 is 1.44 bits per heavy atom. The van der Waals surface area contributed by atoms with E-state index in [9.17, 15) is 4.79 Å². The van der Waals surface area contributed by atoms with Crippen molar-refractivity contribution in [3.8, 4) is 6.07 Å². The van der Waals surface area contributed by atoms with Crippen molar-refractivity contribution in [2.45, 2.75) is 18.9 Å². The van der Waals surface area contributed by atoms with Crippen molar-refractivity contribution < 1.29 is 4.79 Å². The van der Waals surface area contributed by atoms with Crippen molar-refractivity contribution in [1.82, 2.24) is 10.2 Å². The summed E-state index contributed by atoms with van der Waals surface area (Å²) in [5, 5.41) is 11.8. The van der Waals surface area contributed by atoms with Crippen molar-refractivity contribution in [3.05, 3.63) is 35.4 Å². The predicted molar refractivity (Wildman–Crippen MR) is 69.1 cm³/mol. The Morgan fingerprint density at radius 2 is 2.17 bits per heavy atom. The smallest absolute Gasteiger partial charge is 0.251 e. The van der Waals surface area contributed by atoms with Gasteiger partial charge in [-0.3, -0.25) is 4.79 Å². The molecule has 1 aliphatic rings. The number of benzene rings is 1. The molecule has 0 aromatic heterocycles. The van der Waals surface area contributed by atoms with Gasteiger partial charge in [-0.05, 0) is 51.2 Å². The molecule has 0 atom stereocenters. The molecule has 0 bridgehead atoms. The minimum absolute atomic E-state index is 0.0818. The lowest BCUT2D eigenvalue weighted by Gasteiger charge is -2.29. The molecule has 1 aromatic rings. The van der Waals surface area contributed by atoms with Crippen molar-refractivity contribution in [2.75, 3.05) is 20.1 Å². The molecule has 4 heteroatoms. The molecule has 0 radical (unpaired) electrons. The highest BCUT2D eigenvalue weighted by Gasteiger charge is 2.19. The Labute approximate surface area is 107 Å². The Hall–Kier alpha value is -1.86. The van der Waals surface area contributed by atoms with Crippen LogP contribution in [0.25, 0.3) is 0 Å². The zero-order valence-electron chi connectivity index (χ0n) is 10.5. The minimum atomic E-state index is -0.0818. The summed E-state index contributed by atoms with van der Waals surface area (Å²) in [7, 11) is 2.09. The summed E-state index contributed by atoms with van der Waals surface area (Å²) >= 11 is 0. The third-order valence-corrected chi connectivity index (χ3v) is 3.31. The first-order valence-corrected chi connectivity index (χ1v) is 6.18. The zero-order chi connectivity index (χ0) is 13.0. The number of likely N-dealkylation sites (tertiary alicyclic amines) is 1. The van der Waals surface area contributed by atoms with Crippen LogP contribution in [0.1, 0.15) is 28.8 Å². The van der Waals surface area contributed by atoms with Crippen LogP contribution in [0.5, 0.6) is 0 Å². The van der Waals surface area contributed by atoms with Crippen LogP contribution < -0.4 is 5.32 Å². The van der Waals surface area contributed by atoms with Gasteiger partial charge in [-0.25, -0.2) is 0 Å². The van der Waals surface area contributed by atoms with Crippen LogP contribution in [0.15, 0.2) is 24.3 Å². The van der Waals surface area contributed by atoms with Crippen LogP contribution in [-0.2, 0) is 0 Å². The Morgan fingerprint density at radius 3 is 2.83 bits per heavy atom. The number of nitrogens with zero attached hydrogens (tertiary/aromatic N) is 2. The van der Waals surface area contributed by atoms with Gasteiger partial charge >= 0.3 is 0 Å². The van der Waals surface area contributed by atoms with Gasteiger partial charge in [0, 0.05) is 11.6 Å². The lowest BCUT2D eigenvalue weighted by molar-refractivity contribution is 0.0917. The molecule has 1 aliphatic heterocycles. The number of carbonyl (C=O) groups excluding carboxylic acids is 1. The first kappa shape index (κ1) is 12.6. The second kappa shape index (κ2) is 5.65. The fraction of sp³-hybridized carbons (Fsp3) is 0.429. The van der Waals surface area contributed by atoms with E-state index in [1.807, 2.05) is 6.07 Å². The maximum Gasteiger partial charge on any atom is 0.251 e. The monoisotopic (exact) mass is 243 g/mol. The maximum atomic E-state index is 12.0. The molecule has 0 aliphatic carbocycles. The maximum absolute atomic E-state index is 12.0. The van der Waals surface area contributed by atoms with E-state index in [1.54, 1.807) is 24.3 Å². The van der Waals surface area contributed by atoms with Crippen LogP contribution in [0.2, 0.25) is 0 Å². The molecule has 94 valence electrons. The van der Waals surface area contributed by atoms with E-state index in [0.717, 1.165) is 25.9 Å². The SMILES string of the molecule is CN1CCC(NC(=O)c2cccc(C#N)c2)CC1. The molecule has 1 amide bonds. The molecule has 0 saturated carbocycles. The third-order valence-electron chi connectivity index (χ3n) is 3.31. The van der Waals surface area contributed by atoms with Crippen molar-refractivity contribution in [3.63, 3.8) is 0 Å². The molecular formula is C14H17N3O. The molecule has 4 nitrogen and oxygen atoms in total. The first-order valence-electron chi connectivity index (χ1n) is 6.18. The zero-order valence-corrected chi connectivity index (χ0v) is 10.5. The van der Waals surface area contributed by atoms with E-state index in [-0.39, 0.29) is 11.9 Å². The number of rotatable bonds is 2. The standard InChI is InChI=1S/C14H17N3O/c1-17-7-5-13(6-8-17)16-14(18)12-4-2-3-11(9-12)10-15/h2-4,9,13H,5-8H2,1H3,(H,16,18). The summed E-state index contributed by atoms with van der Waals surface area (Å²) in [6.45, 7) is 2.03. The highest BCUT2D eigenvalue weighted by atomic mass is 16.1. The molecule has 1 saturated heterocycles. The van der Waals surface area contributed by atoms with Gasteiger partial charge in [-0.15, -0.1) is 0 Å². The number of carbonyl (C=O) groups is 1. The quantitative estimate of drug-likeness (QED) is 0.853. The summed E-state index contributed by atoms with van der Waals surface area (Å²) in [6.07, 6.45) is 1.97. The number of hydrogen-bond donors (Lipinski definition) is 1. The second-order valence-electron chi connectivity index (χ2n) is 4.74. The van der Waals surface area contributed by atoms with Gasteiger partial charge in [-0.1, -0.05) is 6.07 Å². The fourth-order valence-electron chi connectivity index (χ4n) is 2.15. The summed E-state index contributed by atoms with van der Waals surface area (Å²) in [5.41, 5.74) is 1.08. The van der Waals surface area contributed by atoms with Crippen LogP contribution in [0.4, 0.5) is 0 Å². The van der Waals surface area contributed by atoms with Crippen LogP contribution in [-0.4, -0.2) is 37.0 Å². The average Bonchev–Trinajstić information content (AvgIpc) is 2.41. The first-order chi connectivity index (χ1) is 8.69. The Bertz CT molecular complexity index is 470. The van der Waals surface area contributed by atoms with E-state index < -0.39 is 0 Å². The molecule has 18 heavy (non-hydrogen) atoms. The van der Waals surface area contributed by atoms with Gasteiger partial charge in [0.05, 0.1) is 11.6 Å². The summed E-state index contributed by atoms with van der Waals surface area (Å²) < 4.78 is 0. The van der Waals surface area contributed by atoms with E-state index in [2.05, 4.69) is 17.3 Å². The molecule has 1 fully saturated rings. The van der Waals surface area contributed by atoms with Crippen molar-refractivity contribution in [1.29, 1.82) is 5.26 Å². The molecule has 1 aromatic carbocycles. The van der Waals surface area contributed by atoms with Gasteiger partial charge in [0.15, 0.2) is 0 Å². The molecule has 0 unspecified atom stereocenters. The predicted octanol–water partition coefficient (Wildman–Crippen LogP) is 1.38. The van der Waals surface area contributed by atoms with Gasteiger partial charge in [-0.2, -0.15) is 5.26 Å². The summed E-state index contributed by atoms with van der Waals surface area (Å²) in [6, 6.07) is 9.10. The normalized spacial score (nSPS) is 17.1. The number of nitriles is 1. The van der Waals surface area contributed by atoms with Crippen LogP contribution in [0, 0.1) is 11.3 Å². The molecular weight excluding hydrogens is 226 g/mol. The molecule has 0 spiro atoms. The van der Waals surface area contributed by atoms with E-state index in [0.29, 0.717) is 11.1 Å². The van der Waals surface area contributed by atoms with Gasteiger partial charge in [0.2, 0.25) is 0 Å². The molecule has 2 rings (SSSR count). The average molecular weight is 243 g/mol. The topological polar surface area (TPSA) is 56.1 Å². The fourth-order valence-corrected chi connectivity index (χ4v) is 2.15. The highest BCUT2D eigenvalue weighted by molar-refractivity contribution is 5.94. The Balaban J connectivity index is 1.97. The lowest BCUT2D eigenvalue weighted by Crippen LogP contribution is -2.43. The van der Waals surface area contributed by atoms with Crippen molar-refractivity contribution in [2.24, 2.45) is 0 Å². The lowest BCUT2D eigenvalue weighted by atomic mass is 10.0. The molecule has 1 heterocycles. The van der Waals surface area contributed by atoms with Gasteiger partial charge < -0.3 is 10.2 Å². The van der Waals surface area contributed by atoms with E-state index in [4.69, 9.17) is 5.26 Å². The number of amides is 1. The van der Waals surface area contributed by atoms with Gasteiger partial charge in [0.25, 0.3) is 5.91 Å². The van der Waals surface area contributed by atoms with Crippen LogP contribution in [0.3, 0.4) is 0 Å². The van der Waals surface area contributed by atoms with E-state index in [1.165, 1.54) is 0 Å². The summed E-state index contributed by atoms with van der Waals surface area (Å²) in [5.74, 6) is -0.0818. The number of nitrogens with one attached hydrogen (secondary N) is 1. The largest absolute Gasteiger partial charge is 0.349 e. The number of piperidine rings is 1. The summed E-state index contributed by atoms with van der Waals surface area (Å²) in [4.78, 5) is 14.3. The van der Waals surface area contributed by atoms with E-state index >= 15 is 0 Å². The third kappa shape index (κ3) is 3.08. The second-order valence-corrected chi connectivity index (χ2v) is 4.74. The van der Waals surface area contributed by atoms with Gasteiger partial charge in [0.1, 0.15) is 0 Å². The van der Waals surface area contributed by atoms with Crippen LogP contribution >= 0.6 is 0 Å². The molecule has 1 N–H and O–H groups in total. The van der Waals surface area contributed by atoms with Crippen molar-refractivity contribution >= 4 is 5.91 Å². The minimum Gasteiger partial charge on any atom is -0.349 e. The highest BCUT2D eigenvalue weighted by Crippen LogP contribution is 2.10. The number of hydrogen-bond acceptors (Lipinski definition) is 3.